The van der Waals surface area contributed by atoms with Gasteiger partial charge < -0.3 is 5.73 Å². The number of nitriles is 1. The zero-order valence-corrected chi connectivity index (χ0v) is 15.8. The maximum atomic E-state index is 12.2. The highest BCUT2D eigenvalue weighted by molar-refractivity contribution is 9.11. The number of halogens is 5. The lowest BCUT2D eigenvalue weighted by Gasteiger charge is -2.10. The Labute approximate surface area is 156 Å². The molecule has 2 unspecified atom stereocenters. The highest BCUT2D eigenvalue weighted by Gasteiger charge is 2.27. The first-order chi connectivity index (χ1) is 10.3. The van der Waals surface area contributed by atoms with Gasteiger partial charge in [-0.25, -0.2) is 4.68 Å². The van der Waals surface area contributed by atoms with Crippen LogP contribution in [0.15, 0.2) is 17.0 Å². The number of anilines is 1. The largest absolute Gasteiger partial charge is 0.383 e. The molecule has 2 aromatic rings. The van der Waals surface area contributed by atoms with Crippen molar-refractivity contribution in [3.63, 3.8) is 0 Å². The topological polar surface area (TPSA) is 84.7 Å². The molecule has 11 heteroatoms. The van der Waals surface area contributed by atoms with Crippen LogP contribution < -0.4 is 5.73 Å². The molecule has 0 saturated carbocycles. The van der Waals surface area contributed by atoms with Crippen LogP contribution in [0.5, 0.6) is 0 Å². The molecule has 2 rings (SSSR count). The van der Waals surface area contributed by atoms with Gasteiger partial charge in [-0.15, -0.1) is 0 Å². The predicted octanol–water partition coefficient (Wildman–Crippen LogP) is 4.31. The quantitative estimate of drug-likeness (QED) is 0.689. The van der Waals surface area contributed by atoms with Crippen LogP contribution in [-0.2, 0) is 10.8 Å². The number of hydrogen-bond acceptors (Lipinski definition) is 4. The number of benzene rings is 1. The molecule has 0 aliphatic heterocycles. The molecule has 2 atom stereocenters. The fourth-order valence-corrected chi connectivity index (χ4v) is 4.24. The molecule has 1 aromatic heterocycles. The molecule has 2 N–H and O–H groups in total. The second-order valence-corrected chi connectivity index (χ2v) is 9.33. The monoisotopic (exact) mass is 460 g/mol. The molecule has 0 amide bonds. The summed E-state index contributed by atoms with van der Waals surface area (Å²) in [6.07, 6.45) is 0. The first-order valence-electron chi connectivity index (χ1n) is 5.40. The number of hydrogen-bond donors (Lipinski definition) is 1. The van der Waals surface area contributed by atoms with E-state index in [0.717, 1.165) is 4.68 Å². The Bertz CT molecular complexity index is 794. The summed E-state index contributed by atoms with van der Waals surface area (Å²) in [4.78, 5) is 0.00135. The zero-order chi connectivity index (χ0) is 16.6. The second-order valence-electron chi connectivity index (χ2n) is 3.86. The van der Waals surface area contributed by atoms with Crippen LogP contribution in [0.2, 0.25) is 15.1 Å². The van der Waals surface area contributed by atoms with E-state index in [1.165, 1.54) is 12.1 Å². The van der Waals surface area contributed by atoms with Crippen LogP contribution in [0.25, 0.3) is 5.69 Å². The molecule has 0 fully saturated rings. The molecular weight excluding hydrogens is 458 g/mol. The van der Waals surface area contributed by atoms with Crippen molar-refractivity contribution in [2.75, 3.05) is 5.73 Å². The zero-order valence-electron chi connectivity index (χ0n) is 10.4. The molecule has 0 radical (unpaired) electrons. The molecule has 0 saturated heterocycles. The standard InChI is InChI=1S/C11H5BrCl4N4OS/c12-11(16)22(21)9-7(3-17)19-20(10(9)18)8-5(14)1-4(13)2-6(8)15/h1-2,11H,18H2. The van der Waals surface area contributed by atoms with Crippen LogP contribution in [-0.4, -0.2) is 17.6 Å². The second kappa shape index (κ2) is 6.95. The summed E-state index contributed by atoms with van der Waals surface area (Å²) in [7, 11) is -1.79. The minimum absolute atomic E-state index is 0.00135. The lowest BCUT2D eigenvalue weighted by Crippen LogP contribution is -2.07. The minimum Gasteiger partial charge on any atom is -0.383 e. The average molecular weight is 463 g/mol. The summed E-state index contributed by atoms with van der Waals surface area (Å²) in [5, 5.41) is 13.8. The van der Waals surface area contributed by atoms with E-state index < -0.39 is 14.4 Å². The molecule has 0 aliphatic carbocycles. The summed E-state index contributed by atoms with van der Waals surface area (Å²) in [6.45, 7) is 0. The van der Waals surface area contributed by atoms with Crippen LogP contribution >= 0.6 is 62.3 Å². The van der Waals surface area contributed by atoms with Crippen molar-refractivity contribution in [1.29, 1.82) is 5.26 Å². The van der Waals surface area contributed by atoms with Gasteiger partial charge in [0.05, 0.1) is 20.8 Å². The van der Waals surface area contributed by atoms with Gasteiger partial charge in [0.2, 0.25) is 0 Å². The third-order valence-corrected chi connectivity index (χ3v) is 5.97. The Kier molecular flexibility index (Phi) is 5.64. The van der Waals surface area contributed by atoms with Gasteiger partial charge in [-0.2, -0.15) is 10.4 Å². The summed E-state index contributed by atoms with van der Waals surface area (Å²) in [5.74, 6) is -0.0499. The Morgan fingerprint density at radius 1 is 1.36 bits per heavy atom. The molecular formula is C11H5BrCl4N4OS. The van der Waals surface area contributed by atoms with Gasteiger partial charge in [0.25, 0.3) is 0 Å². The fraction of sp³-hybridized carbons (Fsp3) is 0.0909. The van der Waals surface area contributed by atoms with E-state index in [1.807, 2.05) is 6.07 Å². The van der Waals surface area contributed by atoms with E-state index >= 15 is 0 Å². The van der Waals surface area contributed by atoms with Crippen molar-refractivity contribution in [3.8, 4) is 11.8 Å². The maximum Gasteiger partial charge on any atom is 0.181 e. The van der Waals surface area contributed by atoms with E-state index in [2.05, 4.69) is 21.0 Å². The number of nitrogens with two attached hydrogens (primary N) is 1. The molecule has 0 bridgehead atoms. The Balaban J connectivity index is 2.75. The minimum atomic E-state index is -1.79. The third kappa shape index (κ3) is 3.23. The summed E-state index contributed by atoms with van der Waals surface area (Å²) >= 11 is 26.8. The van der Waals surface area contributed by atoms with Gasteiger partial charge in [-0.3, -0.25) is 4.21 Å². The Morgan fingerprint density at radius 2 is 1.91 bits per heavy atom. The van der Waals surface area contributed by atoms with Crippen molar-refractivity contribution >= 4 is 79.0 Å². The van der Waals surface area contributed by atoms with Crippen molar-refractivity contribution in [3.05, 3.63) is 32.9 Å². The molecule has 1 aromatic carbocycles. The van der Waals surface area contributed by atoms with Gasteiger partial charge in [-0.05, 0) is 12.1 Å². The van der Waals surface area contributed by atoms with Crippen LogP contribution in [0, 0.1) is 11.3 Å². The number of aromatic nitrogens is 2. The smallest absolute Gasteiger partial charge is 0.181 e. The lowest BCUT2D eigenvalue weighted by atomic mass is 10.3. The van der Waals surface area contributed by atoms with E-state index in [9.17, 15) is 4.21 Å². The number of nitrogen functional groups attached to an aromatic ring is 1. The molecule has 5 nitrogen and oxygen atoms in total. The van der Waals surface area contributed by atoms with Crippen LogP contribution in [0.1, 0.15) is 5.69 Å². The average Bonchev–Trinajstić information content (AvgIpc) is 2.74. The first-order valence-corrected chi connectivity index (χ1v) is 9.10. The third-order valence-electron chi connectivity index (χ3n) is 2.54. The molecule has 0 spiro atoms. The fourth-order valence-electron chi connectivity index (χ4n) is 1.68. The SMILES string of the molecule is N#Cc1nn(-c2c(Cl)cc(Cl)cc2Cl)c(N)c1S(=O)C(Cl)Br. The number of nitrogens with zero attached hydrogens (tertiary/aromatic N) is 3. The normalized spacial score (nSPS) is 13.6. The van der Waals surface area contributed by atoms with E-state index in [4.69, 9.17) is 57.4 Å². The predicted molar refractivity (Wildman–Crippen MR) is 92.7 cm³/mol. The van der Waals surface area contributed by atoms with Gasteiger partial charge in [0, 0.05) is 5.02 Å². The molecule has 1 heterocycles. The van der Waals surface area contributed by atoms with Crippen molar-refractivity contribution in [2.45, 2.75) is 8.51 Å². The molecule has 22 heavy (non-hydrogen) atoms. The van der Waals surface area contributed by atoms with E-state index in [1.54, 1.807) is 0 Å². The van der Waals surface area contributed by atoms with Gasteiger partial charge in [0.1, 0.15) is 22.5 Å². The Hall–Kier alpha value is -0.490. The Morgan fingerprint density at radius 3 is 2.36 bits per heavy atom. The molecule has 116 valence electrons. The summed E-state index contributed by atoms with van der Waals surface area (Å²) < 4.78 is 12.4. The van der Waals surface area contributed by atoms with Gasteiger partial charge in [0.15, 0.2) is 9.31 Å². The van der Waals surface area contributed by atoms with Crippen molar-refractivity contribution in [1.82, 2.24) is 9.78 Å². The number of rotatable bonds is 3. The lowest BCUT2D eigenvalue weighted by molar-refractivity contribution is 0.685. The van der Waals surface area contributed by atoms with E-state index in [0.29, 0.717) is 5.02 Å². The van der Waals surface area contributed by atoms with Crippen LogP contribution in [0.3, 0.4) is 0 Å². The first kappa shape index (κ1) is 17.9. The van der Waals surface area contributed by atoms with Crippen molar-refractivity contribution in [2.24, 2.45) is 0 Å². The van der Waals surface area contributed by atoms with E-state index in [-0.39, 0.29) is 32.1 Å². The summed E-state index contributed by atoms with van der Waals surface area (Å²) in [5.41, 5.74) is 6.04. The molecule has 0 aliphatic rings. The van der Waals surface area contributed by atoms with Gasteiger partial charge in [-0.1, -0.05) is 62.3 Å². The maximum absolute atomic E-state index is 12.2. The highest BCUT2D eigenvalue weighted by Crippen LogP contribution is 2.36. The van der Waals surface area contributed by atoms with Crippen molar-refractivity contribution < 1.29 is 4.21 Å². The summed E-state index contributed by atoms with van der Waals surface area (Å²) in [6, 6.07) is 4.71. The van der Waals surface area contributed by atoms with Crippen LogP contribution in [0.4, 0.5) is 5.82 Å². The number of alkyl halides is 2. The highest BCUT2D eigenvalue weighted by atomic mass is 79.9. The van der Waals surface area contributed by atoms with Gasteiger partial charge >= 0.3 is 0 Å².